The molecule has 206 valence electrons. The number of nitrogens with zero attached hydrogens (tertiary/aromatic N) is 2. The number of nitrogens with one attached hydrogen (secondary N) is 2. The van der Waals surface area contributed by atoms with Gasteiger partial charge in [-0.15, -0.1) is 0 Å². The summed E-state index contributed by atoms with van der Waals surface area (Å²) in [4.78, 5) is 38.3. The van der Waals surface area contributed by atoms with Crippen molar-refractivity contribution in [2.45, 2.75) is 57.0 Å². The van der Waals surface area contributed by atoms with Crippen LogP contribution in [0.25, 0.3) is 0 Å². The van der Waals surface area contributed by atoms with Crippen LogP contribution in [0, 0.1) is 11.3 Å². The first-order valence-corrected chi connectivity index (χ1v) is 13.1. The second-order valence-electron chi connectivity index (χ2n) is 8.63. The van der Waals surface area contributed by atoms with Gasteiger partial charge in [0.05, 0.1) is 12.7 Å². The summed E-state index contributed by atoms with van der Waals surface area (Å²) in [5, 5.41) is 23.4. The van der Waals surface area contributed by atoms with E-state index in [0.717, 1.165) is 16.8 Å². The Morgan fingerprint density at radius 3 is 2.55 bits per heavy atom. The molecule has 1 saturated heterocycles. The molecular weight excluding hydrogens is 523 g/mol. The molecule has 1 fully saturated rings. The van der Waals surface area contributed by atoms with Crippen LogP contribution in [-0.4, -0.2) is 64.8 Å². The third kappa shape index (κ3) is 6.39. The van der Waals surface area contributed by atoms with Crippen LogP contribution in [0.3, 0.4) is 0 Å². The van der Waals surface area contributed by atoms with E-state index in [0.29, 0.717) is 0 Å². The SMILES string of the molecule is COC1[C@H](O)[C@@H](CO[P@@](=O)(N[C@@H](C)C(=O)OC(C)C)Oc2ccccc2)O[C@@]1(C#N)n1ccc(=O)[nH]c1=O. The fourth-order valence-corrected chi connectivity index (χ4v) is 5.25. The van der Waals surface area contributed by atoms with Crippen molar-refractivity contribution in [3.05, 3.63) is 63.4 Å². The molecule has 0 saturated carbocycles. The van der Waals surface area contributed by atoms with E-state index in [1.807, 2.05) is 11.1 Å². The zero-order chi connectivity index (χ0) is 28.1. The lowest BCUT2D eigenvalue weighted by molar-refractivity contribution is -0.149. The van der Waals surface area contributed by atoms with Gasteiger partial charge in [-0.3, -0.25) is 23.7 Å². The standard InChI is InChI=1S/C23H29N4O10P/c1-14(2)35-21(30)15(3)26-38(32,37-16-8-6-5-7-9-16)34-12-17-19(29)20(33-4)23(13-24,36-17)27-11-10-18(28)25-22(27)31/h5-11,14-15,17,19-20,29H,12H2,1-4H3,(H,26,32)(H,25,28,31)/t15-,17+,19+,20?,23+,38-/m0/s1. The van der Waals surface area contributed by atoms with Crippen LogP contribution in [0.2, 0.25) is 0 Å². The molecule has 1 aromatic carbocycles. The Morgan fingerprint density at radius 2 is 1.97 bits per heavy atom. The number of aromatic amines is 1. The number of carbonyl (C=O) groups is 1. The molecule has 0 amide bonds. The molecule has 0 spiro atoms. The van der Waals surface area contributed by atoms with Crippen molar-refractivity contribution in [1.29, 1.82) is 5.26 Å². The molecule has 1 unspecified atom stereocenters. The number of methoxy groups -OCH3 is 1. The molecule has 0 radical (unpaired) electrons. The van der Waals surface area contributed by atoms with Gasteiger partial charge in [0.1, 0.15) is 36.2 Å². The minimum atomic E-state index is -4.32. The molecule has 3 rings (SSSR count). The van der Waals surface area contributed by atoms with E-state index in [9.17, 15) is 29.3 Å². The molecule has 38 heavy (non-hydrogen) atoms. The van der Waals surface area contributed by atoms with Crippen LogP contribution in [0.4, 0.5) is 0 Å². The molecule has 1 aliphatic rings. The Hall–Kier alpha value is -3.31. The lowest BCUT2D eigenvalue weighted by Gasteiger charge is -2.28. The molecule has 2 aromatic rings. The number of benzene rings is 1. The summed E-state index contributed by atoms with van der Waals surface area (Å²) >= 11 is 0. The van der Waals surface area contributed by atoms with E-state index in [1.54, 1.807) is 32.0 Å². The number of aromatic nitrogens is 2. The summed E-state index contributed by atoms with van der Waals surface area (Å²) in [6, 6.07) is 9.70. The fraction of sp³-hybridized carbons (Fsp3) is 0.478. The predicted octanol–water partition coefficient (Wildman–Crippen LogP) is 0.621. The molecule has 14 nitrogen and oxygen atoms in total. The van der Waals surface area contributed by atoms with E-state index >= 15 is 0 Å². The molecule has 6 atom stereocenters. The van der Waals surface area contributed by atoms with Gasteiger partial charge in [0.25, 0.3) is 11.3 Å². The predicted molar refractivity (Wildman–Crippen MR) is 131 cm³/mol. The number of para-hydroxylation sites is 1. The van der Waals surface area contributed by atoms with Gasteiger partial charge in [-0.2, -0.15) is 10.3 Å². The fourth-order valence-electron chi connectivity index (χ4n) is 3.75. The van der Waals surface area contributed by atoms with Gasteiger partial charge in [-0.1, -0.05) is 18.2 Å². The molecular formula is C23H29N4O10P. The maximum Gasteiger partial charge on any atom is 0.459 e. The maximum absolute atomic E-state index is 13.7. The van der Waals surface area contributed by atoms with E-state index in [1.165, 1.54) is 26.2 Å². The summed E-state index contributed by atoms with van der Waals surface area (Å²) in [5.74, 6) is -0.556. The topological polar surface area (TPSA) is 191 Å². The lowest BCUT2D eigenvalue weighted by atomic mass is 10.0. The van der Waals surface area contributed by atoms with Crippen molar-refractivity contribution in [1.82, 2.24) is 14.6 Å². The summed E-state index contributed by atoms with van der Waals surface area (Å²) in [5.41, 5.74) is -3.88. The first-order valence-electron chi connectivity index (χ1n) is 11.5. The van der Waals surface area contributed by atoms with Gasteiger partial charge >= 0.3 is 19.4 Å². The van der Waals surface area contributed by atoms with Crippen LogP contribution in [0.5, 0.6) is 5.75 Å². The summed E-state index contributed by atoms with van der Waals surface area (Å²) in [6.07, 6.45) is -3.71. The van der Waals surface area contributed by atoms with Gasteiger partial charge in [0.15, 0.2) is 0 Å². The van der Waals surface area contributed by atoms with Gasteiger partial charge in [-0.05, 0) is 32.9 Å². The van der Waals surface area contributed by atoms with Crippen molar-refractivity contribution in [2.75, 3.05) is 13.7 Å². The third-order valence-corrected chi connectivity index (χ3v) is 7.08. The smallest absolute Gasteiger partial charge is 0.459 e. The van der Waals surface area contributed by atoms with Gasteiger partial charge in [0, 0.05) is 19.4 Å². The van der Waals surface area contributed by atoms with E-state index in [4.69, 9.17) is 23.3 Å². The van der Waals surface area contributed by atoms with E-state index in [-0.39, 0.29) is 5.75 Å². The van der Waals surface area contributed by atoms with Crippen molar-refractivity contribution in [3.63, 3.8) is 0 Å². The monoisotopic (exact) mass is 552 g/mol. The number of aliphatic hydroxyl groups is 1. The summed E-state index contributed by atoms with van der Waals surface area (Å²) in [7, 11) is -3.13. The number of esters is 1. The molecule has 1 aliphatic heterocycles. The van der Waals surface area contributed by atoms with Gasteiger partial charge in [0.2, 0.25) is 0 Å². The number of carbonyl (C=O) groups excluding carboxylic acids is 1. The molecule has 0 bridgehead atoms. The highest BCUT2D eigenvalue weighted by molar-refractivity contribution is 7.52. The van der Waals surface area contributed by atoms with E-state index in [2.05, 4.69) is 5.09 Å². The van der Waals surface area contributed by atoms with Crippen LogP contribution >= 0.6 is 7.75 Å². The number of hydrogen-bond donors (Lipinski definition) is 3. The highest BCUT2D eigenvalue weighted by atomic mass is 31.2. The quantitative estimate of drug-likeness (QED) is 0.260. The number of H-pyrrole nitrogens is 1. The largest absolute Gasteiger partial charge is 0.462 e. The first kappa shape index (κ1) is 29.2. The zero-order valence-corrected chi connectivity index (χ0v) is 22.0. The minimum absolute atomic E-state index is 0.154. The average molecular weight is 552 g/mol. The van der Waals surface area contributed by atoms with Crippen molar-refractivity contribution in [3.8, 4) is 11.8 Å². The van der Waals surface area contributed by atoms with Crippen molar-refractivity contribution < 1.29 is 37.7 Å². The Bertz CT molecular complexity index is 1320. The lowest BCUT2D eigenvalue weighted by Crippen LogP contribution is -2.51. The van der Waals surface area contributed by atoms with E-state index < -0.39 is 67.8 Å². The van der Waals surface area contributed by atoms with Gasteiger partial charge < -0.3 is 23.8 Å². The number of nitriles is 1. The third-order valence-electron chi connectivity index (χ3n) is 5.44. The van der Waals surface area contributed by atoms with Crippen molar-refractivity contribution >= 4 is 13.7 Å². The number of hydrogen-bond acceptors (Lipinski definition) is 11. The summed E-state index contributed by atoms with van der Waals surface area (Å²) < 4.78 is 41.7. The Labute approximate surface area is 217 Å². The second-order valence-corrected chi connectivity index (χ2v) is 10.3. The zero-order valence-electron chi connectivity index (χ0n) is 21.1. The van der Waals surface area contributed by atoms with Crippen molar-refractivity contribution in [2.24, 2.45) is 0 Å². The number of rotatable bonds is 11. The van der Waals surface area contributed by atoms with Gasteiger partial charge in [-0.25, -0.2) is 9.36 Å². The van der Waals surface area contributed by atoms with Crippen LogP contribution in [-0.2, 0) is 33.8 Å². The molecule has 15 heteroatoms. The molecule has 3 N–H and O–H groups in total. The Kier molecular flexibility index (Phi) is 9.26. The molecule has 2 heterocycles. The Morgan fingerprint density at radius 1 is 1.29 bits per heavy atom. The first-order chi connectivity index (χ1) is 17.9. The van der Waals surface area contributed by atoms with Crippen LogP contribution < -0.4 is 20.9 Å². The average Bonchev–Trinajstić information content (AvgIpc) is 3.14. The minimum Gasteiger partial charge on any atom is -0.462 e. The normalized spacial score (nSPS) is 25.3. The highest BCUT2D eigenvalue weighted by Gasteiger charge is 2.58. The highest BCUT2D eigenvalue weighted by Crippen LogP contribution is 2.46. The molecule has 1 aromatic heterocycles. The Balaban J connectivity index is 1.87. The van der Waals surface area contributed by atoms with Crippen LogP contribution in [0.1, 0.15) is 20.8 Å². The number of aliphatic hydroxyl groups excluding tert-OH is 1. The summed E-state index contributed by atoms with van der Waals surface area (Å²) in [6.45, 7) is 4.09. The number of ether oxygens (including phenoxy) is 3. The second kappa shape index (κ2) is 12.0. The molecule has 0 aliphatic carbocycles. The maximum atomic E-state index is 13.7. The van der Waals surface area contributed by atoms with Crippen LogP contribution in [0.15, 0.2) is 52.2 Å².